The molecular weight excluding hydrogens is 288 g/mol. The second-order valence-electron chi connectivity index (χ2n) is 6.86. The Morgan fingerprint density at radius 3 is 2.61 bits per heavy atom. The van der Waals surface area contributed by atoms with Crippen LogP contribution < -0.4 is 5.32 Å². The van der Waals surface area contributed by atoms with Crippen LogP contribution in [0.3, 0.4) is 0 Å². The van der Waals surface area contributed by atoms with Gasteiger partial charge in [-0.05, 0) is 39.0 Å². The van der Waals surface area contributed by atoms with Gasteiger partial charge in [-0.1, -0.05) is 6.92 Å². The van der Waals surface area contributed by atoms with Crippen molar-refractivity contribution in [2.75, 3.05) is 31.6 Å². The van der Waals surface area contributed by atoms with Gasteiger partial charge in [-0.15, -0.1) is 0 Å². The highest BCUT2D eigenvalue weighted by molar-refractivity contribution is 5.37. The molecule has 3 rings (SSSR count). The lowest BCUT2D eigenvalue weighted by molar-refractivity contribution is 0.0262. The van der Waals surface area contributed by atoms with Gasteiger partial charge in [0.05, 0.1) is 0 Å². The molecular formula is C18H30N4O. The van der Waals surface area contributed by atoms with Crippen molar-refractivity contribution in [1.29, 1.82) is 0 Å². The molecule has 0 amide bonds. The normalized spacial score (nSPS) is 21.5. The Hall–Kier alpha value is -1.20. The van der Waals surface area contributed by atoms with Crippen LogP contribution in [0.5, 0.6) is 0 Å². The van der Waals surface area contributed by atoms with Crippen molar-refractivity contribution in [3.8, 4) is 0 Å². The van der Waals surface area contributed by atoms with Gasteiger partial charge in [0.1, 0.15) is 11.6 Å². The number of rotatable bonds is 5. The second kappa shape index (κ2) is 8.06. The van der Waals surface area contributed by atoms with Crippen LogP contribution in [-0.2, 0) is 11.2 Å². The predicted molar refractivity (Wildman–Crippen MR) is 92.8 cm³/mol. The minimum absolute atomic E-state index is 0.537. The summed E-state index contributed by atoms with van der Waals surface area (Å²) in [5, 5.41) is 3.64. The second-order valence-corrected chi connectivity index (χ2v) is 6.86. The first-order valence-electron chi connectivity index (χ1n) is 9.17. The number of ether oxygens (including phenoxy) is 1. The quantitative estimate of drug-likeness (QED) is 0.905. The molecule has 1 aromatic heterocycles. The Kier molecular flexibility index (Phi) is 5.84. The molecule has 0 bridgehead atoms. The summed E-state index contributed by atoms with van der Waals surface area (Å²) in [7, 11) is 0. The average molecular weight is 318 g/mol. The van der Waals surface area contributed by atoms with Gasteiger partial charge in [0.2, 0.25) is 0 Å². The Labute approximate surface area is 139 Å². The fourth-order valence-corrected chi connectivity index (χ4v) is 3.71. The van der Waals surface area contributed by atoms with Crippen LogP contribution in [0.2, 0.25) is 0 Å². The highest BCUT2D eigenvalue weighted by Gasteiger charge is 2.26. The number of aromatic nitrogens is 2. The van der Waals surface area contributed by atoms with Crippen molar-refractivity contribution in [3.63, 3.8) is 0 Å². The molecule has 0 radical (unpaired) electrons. The highest BCUT2D eigenvalue weighted by atomic mass is 16.5. The minimum Gasteiger partial charge on any atom is -0.381 e. The number of nitrogens with zero attached hydrogens (tertiary/aromatic N) is 3. The molecule has 0 unspecified atom stereocenters. The SMILES string of the molecule is CCCc1nc(C)cc(NC2CCN(C3CCOCC3)CC2)n1. The molecule has 1 aromatic rings. The van der Waals surface area contributed by atoms with Gasteiger partial charge in [-0.2, -0.15) is 0 Å². The van der Waals surface area contributed by atoms with Gasteiger partial charge >= 0.3 is 0 Å². The summed E-state index contributed by atoms with van der Waals surface area (Å²) < 4.78 is 5.48. The third-order valence-electron chi connectivity index (χ3n) is 4.96. The topological polar surface area (TPSA) is 50.3 Å². The van der Waals surface area contributed by atoms with Crippen molar-refractivity contribution in [2.24, 2.45) is 0 Å². The number of aryl methyl sites for hydroxylation is 2. The summed E-state index contributed by atoms with van der Waals surface area (Å²) in [6.07, 6.45) is 6.84. The summed E-state index contributed by atoms with van der Waals surface area (Å²) in [5.41, 5.74) is 1.06. The van der Waals surface area contributed by atoms with Gasteiger partial charge < -0.3 is 15.0 Å². The summed E-state index contributed by atoms with van der Waals surface area (Å²) in [5.74, 6) is 1.97. The molecule has 0 saturated carbocycles. The van der Waals surface area contributed by atoms with Crippen LogP contribution in [0, 0.1) is 6.92 Å². The lowest BCUT2D eigenvalue weighted by atomic mass is 9.99. The van der Waals surface area contributed by atoms with E-state index in [1.54, 1.807) is 0 Å². The molecule has 0 aromatic carbocycles. The fraction of sp³-hybridized carbons (Fsp3) is 0.778. The molecule has 2 aliphatic heterocycles. The van der Waals surface area contributed by atoms with E-state index in [4.69, 9.17) is 4.74 Å². The summed E-state index contributed by atoms with van der Waals surface area (Å²) in [4.78, 5) is 11.9. The molecule has 0 aliphatic carbocycles. The number of hydrogen-bond donors (Lipinski definition) is 1. The van der Waals surface area contributed by atoms with Crippen LogP contribution in [0.15, 0.2) is 6.07 Å². The summed E-state index contributed by atoms with van der Waals surface area (Å²) in [6, 6.07) is 3.35. The number of piperidine rings is 1. The lowest BCUT2D eigenvalue weighted by Crippen LogP contribution is -2.46. The molecule has 128 valence electrons. The zero-order chi connectivity index (χ0) is 16.1. The molecule has 0 spiro atoms. The van der Waals surface area contributed by atoms with Crippen LogP contribution >= 0.6 is 0 Å². The highest BCUT2D eigenvalue weighted by Crippen LogP contribution is 2.22. The van der Waals surface area contributed by atoms with Gasteiger partial charge in [0.25, 0.3) is 0 Å². The Bertz CT molecular complexity index is 494. The molecule has 0 atom stereocenters. The molecule has 5 nitrogen and oxygen atoms in total. The van der Waals surface area contributed by atoms with E-state index in [0.29, 0.717) is 6.04 Å². The first kappa shape index (κ1) is 16.7. The van der Waals surface area contributed by atoms with E-state index in [0.717, 1.165) is 49.4 Å². The van der Waals surface area contributed by atoms with E-state index in [1.807, 2.05) is 0 Å². The van der Waals surface area contributed by atoms with E-state index in [-0.39, 0.29) is 0 Å². The number of likely N-dealkylation sites (tertiary alicyclic amines) is 1. The van der Waals surface area contributed by atoms with Gasteiger partial charge in [-0.3, -0.25) is 0 Å². The van der Waals surface area contributed by atoms with Gasteiger partial charge in [-0.25, -0.2) is 9.97 Å². The maximum absolute atomic E-state index is 5.48. The third-order valence-corrected chi connectivity index (χ3v) is 4.96. The van der Waals surface area contributed by atoms with Crippen molar-refractivity contribution in [1.82, 2.24) is 14.9 Å². The van der Waals surface area contributed by atoms with Crippen molar-refractivity contribution >= 4 is 5.82 Å². The maximum Gasteiger partial charge on any atom is 0.130 e. The predicted octanol–water partition coefficient (Wildman–Crippen LogP) is 2.79. The first-order chi connectivity index (χ1) is 11.2. The lowest BCUT2D eigenvalue weighted by Gasteiger charge is -2.39. The zero-order valence-corrected chi connectivity index (χ0v) is 14.6. The monoisotopic (exact) mass is 318 g/mol. The largest absolute Gasteiger partial charge is 0.381 e. The van der Waals surface area contributed by atoms with E-state index < -0.39 is 0 Å². The first-order valence-corrected chi connectivity index (χ1v) is 9.17. The van der Waals surface area contributed by atoms with E-state index >= 15 is 0 Å². The van der Waals surface area contributed by atoms with Crippen molar-refractivity contribution < 1.29 is 4.74 Å². The molecule has 1 N–H and O–H groups in total. The van der Waals surface area contributed by atoms with Crippen LogP contribution in [0.25, 0.3) is 0 Å². The Morgan fingerprint density at radius 1 is 1.17 bits per heavy atom. The minimum atomic E-state index is 0.537. The van der Waals surface area contributed by atoms with Gasteiger partial charge in [0, 0.05) is 56.6 Å². The third kappa shape index (κ3) is 4.64. The number of nitrogens with one attached hydrogen (secondary N) is 1. The molecule has 23 heavy (non-hydrogen) atoms. The fourth-order valence-electron chi connectivity index (χ4n) is 3.71. The Balaban J connectivity index is 1.52. The van der Waals surface area contributed by atoms with Crippen LogP contribution in [-0.4, -0.2) is 53.3 Å². The smallest absolute Gasteiger partial charge is 0.130 e. The summed E-state index contributed by atoms with van der Waals surface area (Å²) in [6.45, 7) is 8.47. The zero-order valence-electron chi connectivity index (χ0n) is 14.6. The molecule has 2 aliphatic rings. The standard InChI is InChI=1S/C18H30N4O/c1-3-4-17-19-14(2)13-18(21-17)20-15-5-9-22(10-6-15)16-7-11-23-12-8-16/h13,15-16H,3-12H2,1-2H3,(H,19,20,21). The molecule has 2 fully saturated rings. The van der Waals surface area contributed by atoms with E-state index in [9.17, 15) is 0 Å². The molecule has 2 saturated heterocycles. The van der Waals surface area contributed by atoms with Gasteiger partial charge in [0.15, 0.2) is 0 Å². The van der Waals surface area contributed by atoms with E-state index in [2.05, 4.69) is 40.1 Å². The average Bonchev–Trinajstić information content (AvgIpc) is 2.56. The van der Waals surface area contributed by atoms with E-state index in [1.165, 1.54) is 38.8 Å². The summed E-state index contributed by atoms with van der Waals surface area (Å²) >= 11 is 0. The van der Waals surface area contributed by atoms with Crippen LogP contribution in [0.4, 0.5) is 5.82 Å². The van der Waals surface area contributed by atoms with Crippen molar-refractivity contribution in [2.45, 2.75) is 64.5 Å². The van der Waals surface area contributed by atoms with Crippen molar-refractivity contribution in [3.05, 3.63) is 17.6 Å². The molecule has 5 heteroatoms. The number of hydrogen-bond acceptors (Lipinski definition) is 5. The molecule has 3 heterocycles. The van der Waals surface area contributed by atoms with Crippen LogP contribution in [0.1, 0.15) is 50.5 Å². The Morgan fingerprint density at radius 2 is 1.91 bits per heavy atom. The maximum atomic E-state index is 5.48. The number of anilines is 1.